The summed E-state index contributed by atoms with van der Waals surface area (Å²) in [5, 5.41) is 5.24. The fraction of sp³-hybridized carbons (Fsp3) is 0.238. The van der Waals surface area contributed by atoms with E-state index in [0.29, 0.717) is 11.3 Å². The smallest absolute Gasteiger partial charge is 0.387 e. The molecule has 0 spiro atoms. The van der Waals surface area contributed by atoms with E-state index in [-0.39, 0.29) is 18.2 Å². The first-order valence-corrected chi connectivity index (χ1v) is 8.81. The van der Waals surface area contributed by atoms with Gasteiger partial charge in [0.25, 0.3) is 0 Å². The van der Waals surface area contributed by atoms with Crippen molar-refractivity contribution in [2.75, 3.05) is 7.11 Å². The molecule has 2 N–H and O–H groups in total. The lowest BCUT2D eigenvalue weighted by molar-refractivity contribution is -0.126. The largest absolute Gasteiger partial charge is 0.497 e. The summed E-state index contributed by atoms with van der Waals surface area (Å²) in [5.41, 5.74) is 1.52. The lowest BCUT2D eigenvalue weighted by Gasteiger charge is -2.13. The summed E-state index contributed by atoms with van der Waals surface area (Å²) < 4.78 is 33.6. The van der Waals surface area contributed by atoms with Gasteiger partial charge in [-0.15, -0.1) is 0 Å². The van der Waals surface area contributed by atoms with E-state index in [1.54, 1.807) is 56.5 Å². The molecule has 2 rings (SSSR count). The Hall–Kier alpha value is -3.42. The number of hydrogen-bond donors (Lipinski definition) is 2. The van der Waals surface area contributed by atoms with Gasteiger partial charge < -0.3 is 20.1 Å². The van der Waals surface area contributed by atoms with Gasteiger partial charge in [0.1, 0.15) is 17.5 Å². The third-order valence-electron chi connectivity index (χ3n) is 3.91. The Labute approximate surface area is 167 Å². The van der Waals surface area contributed by atoms with Crippen molar-refractivity contribution in [3.05, 3.63) is 65.7 Å². The van der Waals surface area contributed by atoms with Crippen molar-refractivity contribution >= 4 is 17.9 Å². The molecule has 0 radical (unpaired) electrons. The van der Waals surface area contributed by atoms with Gasteiger partial charge in [-0.3, -0.25) is 9.59 Å². The molecule has 2 aromatic rings. The normalized spacial score (nSPS) is 11.9. The molecule has 0 aromatic heterocycles. The lowest BCUT2D eigenvalue weighted by Crippen LogP contribution is -2.44. The molecule has 2 aromatic carbocycles. The molecule has 29 heavy (non-hydrogen) atoms. The summed E-state index contributed by atoms with van der Waals surface area (Å²) in [7, 11) is 1.57. The summed E-state index contributed by atoms with van der Waals surface area (Å²) >= 11 is 0. The van der Waals surface area contributed by atoms with Crippen LogP contribution in [-0.4, -0.2) is 31.6 Å². The van der Waals surface area contributed by atoms with Gasteiger partial charge in [-0.1, -0.05) is 24.3 Å². The zero-order valence-corrected chi connectivity index (χ0v) is 16.0. The Morgan fingerprint density at radius 1 is 1.03 bits per heavy atom. The maximum Gasteiger partial charge on any atom is 0.387 e. The summed E-state index contributed by atoms with van der Waals surface area (Å²) in [6.07, 6.45) is 2.97. The number of amides is 2. The second-order valence-electron chi connectivity index (χ2n) is 6.08. The minimum Gasteiger partial charge on any atom is -0.497 e. The van der Waals surface area contributed by atoms with Crippen LogP contribution in [0.25, 0.3) is 6.08 Å². The van der Waals surface area contributed by atoms with Crippen LogP contribution in [0.1, 0.15) is 18.1 Å². The van der Waals surface area contributed by atoms with Crippen LogP contribution in [0.2, 0.25) is 0 Å². The first-order chi connectivity index (χ1) is 13.9. The van der Waals surface area contributed by atoms with Crippen LogP contribution in [0, 0.1) is 0 Å². The molecule has 0 bridgehead atoms. The van der Waals surface area contributed by atoms with Crippen LogP contribution in [0.3, 0.4) is 0 Å². The number of methoxy groups -OCH3 is 1. The zero-order valence-electron chi connectivity index (χ0n) is 16.0. The molecule has 1 unspecified atom stereocenters. The summed E-state index contributed by atoms with van der Waals surface area (Å²) in [6, 6.07) is 12.3. The number of carbonyl (C=O) groups excluding carboxylic acids is 2. The molecule has 1 atom stereocenters. The van der Waals surface area contributed by atoms with Gasteiger partial charge >= 0.3 is 6.61 Å². The number of halogens is 2. The molecular formula is C21H22F2N2O4. The highest BCUT2D eigenvalue weighted by atomic mass is 19.3. The Balaban J connectivity index is 1.78. The van der Waals surface area contributed by atoms with Crippen molar-refractivity contribution in [2.45, 2.75) is 26.1 Å². The van der Waals surface area contributed by atoms with E-state index in [1.807, 2.05) is 0 Å². The number of alkyl halides is 2. The van der Waals surface area contributed by atoms with Gasteiger partial charge in [0.2, 0.25) is 11.8 Å². The maximum absolute atomic E-state index is 12.1. The Morgan fingerprint density at radius 2 is 1.66 bits per heavy atom. The molecule has 0 fully saturated rings. The molecule has 6 nitrogen and oxygen atoms in total. The number of hydrogen-bond acceptors (Lipinski definition) is 4. The highest BCUT2D eigenvalue weighted by molar-refractivity contribution is 5.95. The van der Waals surface area contributed by atoms with Crippen LogP contribution in [-0.2, 0) is 16.1 Å². The topological polar surface area (TPSA) is 76.7 Å². The van der Waals surface area contributed by atoms with Crippen molar-refractivity contribution in [1.82, 2.24) is 10.6 Å². The quantitative estimate of drug-likeness (QED) is 0.630. The summed E-state index contributed by atoms with van der Waals surface area (Å²) in [4.78, 5) is 24.1. The van der Waals surface area contributed by atoms with Crippen LogP contribution in [0.5, 0.6) is 11.5 Å². The minimum atomic E-state index is -2.89. The third-order valence-corrected chi connectivity index (χ3v) is 3.91. The first-order valence-electron chi connectivity index (χ1n) is 8.81. The number of benzene rings is 2. The van der Waals surface area contributed by atoms with Gasteiger partial charge in [-0.05, 0) is 48.4 Å². The van der Waals surface area contributed by atoms with Gasteiger partial charge in [0.15, 0.2) is 0 Å². The molecule has 0 saturated heterocycles. The van der Waals surface area contributed by atoms with Crippen LogP contribution in [0.4, 0.5) is 8.78 Å². The molecule has 0 aliphatic carbocycles. The van der Waals surface area contributed by atoms with E-state index >= 15 is 0 Å². The standard InChI is InChI=1S/C21H22F2N2O4/c1-14(25-19(26)12-7-15-3-8-17(28-2)9-4-15)20(27)24-13-16-5-10-18(11-6-16)29-21(22)23/h3-12,14,21H,13H2,1-2H3,(H,24,27)(H,25,26)/b12-7+. The van der Waals surface area contributed by atoms with E-state index in [0.717, 1.165) is 5.56 Å². The number of nitrogens with one attached hydrogen (secondary N) is 2. The molecule has 8 heteroatoms. The molecule has 0 aliphatic heterocycles. The monoisotopic (exact) mass is 404 g/mol. The second-order valence-corrected chi connectivity index (χ2v) is 6.08. The fourth-order valence-electron chi connectivity index (χ4n) is 2.34. The minimum absolute atomic E-state index is 0.0411. The average Bonchev–Trinajstić information content (AvgIpc) is 2.71. The van der Waals surface area contributed by atoms with Crippen molar-refractivity contribution in [3.63, 3.8) is 0 Å². The number of carbonyl (C=O) groups is 2. The molecule has 0 saturated carbocycles. The van der Waals surface area contributed by atoms with Gasteiger partial charge in [0.05, 0.1) is 7.11 Å². The molecule has 154 valence electrons. The van der Waals surface area contributed by atoms with Crippen LogP contribution >= 0.6 is 0 Å². The van der Waals surface area contributed by atoms with E-state index in [2.05, 4.69) is 15.4 Å². The van der Waals surface area contributed by atoms with Crippen LogP contribution in [0.15, 0.2) is 54.6 Å². The Morgan fingerprint density at radius 3 is 2.24 bits per heavy atom. The predicted octanol–water partition coefficient (Wildman–Crippen LogP) is 3.13. The second kappa shape index (κ2) is 10.8. The van der Waals surface area contributed by atoms with E-state index in [9.17, 15) is 18.4 Å². The Kier molecular flexibility index (Phi) is 8.14. The maximum atomic E-state index is 12.1. The van der Waals surface area contributed by atoms with E-state index in [1.165, 1.54) is 18.2 Å². The number of ether oxygens (including phenoxy) is 2. The fourth-order valence-corrected chi connectivity index (χ4v) is 2.34. The predicted molar refractivity (Wildman–Crippen MR) is 105 cm³/mol. The first kappa shape index (κ1) is 21.9. The highest BCUT2D eigenvalue weighted by Crippen LogP contribution is 2.15. The van der Waals surface area contributed by atoms with Gasteiger partial charge in [-0.2, -0.15) is 8.78 Å². The summed E-state index contributed by atoms with van der Waals surface area (Å²) in [5.74, 6) is -0.0199. The lowest BCUT2D eigenvalue weighted by atomic mass is 10.2. The van der Waals surface area contributed by atoms with Gasteiger partial charge in [0, 0.05) is 12.6 Å². The number of rotatable bonds is 9. The highest BCUT2D eigenvalue weighted by Gasteiger charge is 2.14. The van der Waals surface area contributed by atoms with Crippen LogP contribution < -0.4 is 20.1 Å². The molecular weight excluding hydrogens is 382 g/mol. The van der Waals surface area contributed by atoms with Crippen molar-refractivity contribution in [1.29, 1.82) is 0 Å². The van der Waals surface area contributed by atoms with E-state index < -0.39 is 18.6 Å². The Bertz CT molecular complexity index is 837. The molecule has 0 aliphatic rings. The SMILES string of the molecule is COc1ccc(/C=C/C(=O)NC(C)C(=O)NCc2ccc(OC(F)F)cc2)cc1. The van der Waals surface area contributed by atoms with Crippen molar-refractivity contribution < 1.29 is 27.8 Å². The van der Waals surface area contributed by atoms with Gasteiger partial charge in [-0.25, -0.2) is 0 Å². The third kappa shape index (κ3) is 7.61. The molecule has 0 heterocycles. The average molecular weight is 404 g/mol. The summed E-state index contributed by atoms with van der Waals surface area (Å²) in [6.45, 7) is -1.13. The zero-order chi connectivity index (χ0) is 21.2. The van der Waals surface area contributed by atoms with Crippen molar-refractivity contribution in [3.8, 4) is 11.5 Å². The van der Waals surface area contributed by atoms with Crippen molar-refractivity contribution in [2.24, 2.45) is 0 Å². The van der Waals surface area contributed by atoms with E-state index in [4.69, 9.17) is 4.74 Å². The molecule has 2 amide bonds.